The SMILES string of the molecule is CCOC(=O)NS(=O)(=O)c1ccc(-n2nc(-c3ccc(OC)cc3)ccc2=O)cc1. The van der Waals surface area contributed by atoms with E-state index in [0.717, 1.165) is 10.2 Å². The first-order valence-electron chi connectivity index (χ1n) is 8.89. The number of benzene rings is 2. The largest absolute Gasteiger partial charge is 0.497 e. The van der Waals surface area contributed by atoms with Crippen molar-refractivity contribution in [2.75, 3.05) is 13.7 Å². The molecule has 0 unspecified atom stereocenters. The third-order valence-electron chi connectivity index (χ3n) is 4.07. The molecule has 0 saturated heterocycles. The lowest BCUT2D eigenvalue weighted by Gasteiger charge is -2.10. The highest BCUT2D eigenvalue weighted by Gasteiger charge is 2.18. The molecule has 0 bridgehead atoms. The van der Waals surface area contributed by atoms with Crippen molar-refractivity contribution in [3.63, 3.8) is 0 Å². The Balaban J connectivity index is 1.90. The Hall–Kier alpha value is -3.66. The summed E-state index contributed by atoms with van der Waals surface area (Å²) in [6.07, 6.45) is -1.06. The number of nitrogens with one attached hydrogen (secondary N) is 1. The van der Waals surface area contributed by atoms with Crippen LogP contribution in [0.1, 0.15) is 6.92 Å². The molecule has 0 aliphatic rings. The van der Waals surface area contributed by atoms with Gasteiger partial charge in [-0.1, -0.05) is 0 Å². The van der Waals surface area contributed by atoms with Gasteiger partial charge in [0, 0.05) is 11.6 Å². The molecule has 0 spiro atoms. The zero-order valence-corrected chi connectivity index (χ0v) is 17.0. The Bertz CT molecular complexity index is 1200. The summed E-state index contributed by atoms with van der Waals surface area (Å²) in [4.78, 5) is 23.5. The molecule has 9 nitrogen and oxygen atoms in total. The second-order valence-corrected chi connectivity index (χ2v) is 7.70. The molecule has 2 aromatic carbocycles. The predicted molar refractivity (Wildman–Crippen MR) is 109 cm³/mol. The molecule has 0 radical (unpaired) electrons. The molecule has 3 rings (SSSR count). The number of nitrogens with zero attached hydrogens (tertiary/aromatic N) is 2. The maximum atomic E-state index is 12.3. The minimum absolute atomic E-state index is 0.0411. The molecule has 1 N–H and O–H groups in total. The first-order valence-corrected chi connectivity index (χ1v) is 10.4. The molecule has 0 fully saturated rings. The first kappa shape index (κ1) is 21.1. The van der Waals surface area contributed by atoms with E-state index in [9.17, 15) is 18.0 Å². The van der Waals surface area contributed by atoms with Gasteiger partial charge in [0.2, 0.25) is 0 Å². The van der Waals surface area contributed by atoms with Crippen molar-refractivity contribution in [2.24, 2.45) is 0 Å². The third kappa shape index (κ3) is 4.66. The molecule has 0 saturated carbocycles. The Morgan fingerprint density at radius 3 is 2.30 bits per heavy atom. The normalized spacial score (nSPS) is 11.0. The monoisotopic (exact) mass is 429 g/mol. The zero-order valence-electron chi connectivity index (χ0n) is 16.2. The fraction of sp³-hybridized carbons (Fsp3) is 0.150. The van der Waals surface area contributed by atoms with Crippen LogP contribution in [0.15, 0.2) is 70.4 Å². The van der Waals surface area contributed by atoms with Crippen LogP contribution in [0.3, 0.4) is 0 Å². The van der Waals surface area contributed by atoms with Gasteiger partial charge in [-0.3, -0.25) is 4.79 Å². The molecule has 1 heterocycles. The van der Waals surface area contributed by atoms with Crippen LogP contribution in [0.2, 0.25) is 0 Å². The quantitative estimate of drug-likeness (QED) is 0.639. The Morgan fingerprint density at radius 1 is 1.03 bits per heavy atom. The van der Waals surface area contributed by atoms with Crippen LogP contribution in [-0.2, 0) is 14.8 Å². The standard InChI is InChI=1S/C20H19N3O6S/c1-3-29-20(25)22-30(26,27)17-10-6-15(7-11-17)23-19(24)13-12-18(21-23)14-4-8-16(28-2)9-5-14/h4-13H,3H2,1-2H3,(H,22,25). The first-order chi connectivity index (χ1) is 14.3. The fourth-order valence-electron chi connectivity index (χ4n) is 2.61. The number of sulfonamides is 1. The molecule has 0 aliphatic carbocycles. The summed E-state index contributed by atoms with van der Waals surface area (Å²) in [5.41, 5.74) is 1.32. The lowest BCUT2D eigenvalue weighted by Crippen LogP contribution is -2.31. The maximum absolute atomic E-state index is 12.3. The number of carbonyl (C=O) groups excluding carboxylic acids is 1. The third-order valence-corrected chi connectivity index (χ3v) is 5.40. The lowest BCUT2D eigenvalue weighted by molar-refractivity contribution is 0.158. The van der Waals surface area contributed by atoms with E-state index >= 15 is 0 Å². The van der Waals surface area contributed by atoms with Gasteiger partial charge >= 0.3 is 6.09 Å². The van der Waals surface area contributed by atoms with Gasteiger partial charge in [-0.15, -0.1) is 0 Å². The Kier molecular flexibility index (Phi) is 6.17. The molecular formula is C20H19N3O6S. The van der Waals surface area contributed by atoms with Crippen molar-refractivity contribution in [2.45, 2.75) is 11.8 Å². The van der Waals surface area contributed by atoms with E-state index in [1.165, 1.54) is 30.3 Å². The van der Waals surface area contributed by atoms with Crippen molar-refractivity contribution in [1.29, 1.82) is 0 Å². The van der Waals surface area contributed by atoms with E-state index in [-0.39, 0.29) is 17.1 Å². The van der Waals surface area contributed by atoms with Crippen LogP contribution in [0.5, 0.6) is 5.75 Å². The van der Waals surface area contributed by atoms with Crippen LogP contribution in [-0.4, -0.2) is 38.0 Å². The number of ether oxygens (including phenoxy) is 2. The summed E-state index contributed by atoms with van der Waals surface area (Å²) in [5.74, 6) is 0.695. The summed E-state index contributed by atoms with van der Waals surface area (Å²) < 4.78 is 37.1. The van der Waals surface area contributed by atoms with E-state index in [0.29, 0.717) is 17.1 Å². The summed E-state index contributed by atoms with van der Waals surface area (Å²) >= 11 is 0. The lowest BCUT2D eigenvalue weighted by atomic mass is 10.1. The Morgan fingerprint density at radius 2 is 1.70 bits per heavy atom. The van der Waals surface area contributed by atoms with Crippen LogP contribution in [0.25, 0.3) is 16.9 Å². The number of aromatic nitrogens is 2. The van der Waals surface area contributed by atoms with Crippen molar-refractivity contribution in [1.82, 2.24) is 14.5 Å². The van der Waals surface area contributed by atoms with Gasteiger partial charge in [-0.05, 0) is 61.5 Å². The van der Waals surface area contributed by atoms with Crippen molar-refractivity contribution in [3.05, 3.63) is 71.0 Å². The molecule has 1 amide bonds. The number of methoxy groups -OCH3 is 1. The summed E-state index contributed by atoms with van der Waals surface area (Å²) in [6, 6.07) is 15.5. The molecule has 3 aromatic rings. The molecule has 30 heavy (non-hydrogen) atoms. The van der Waals surface area contributed by atoms with E-state index in [2.05, 4.69) is 9.84 Å². The molecule has 0 aliphatic heterocycles. The van der Waals surface area contributed by atoms with Crippen molar-refractivity contribution < 1.29 is 22.7 Å². The van der Waals surface area contributed by atoms with Gasteiger partial charge in [0.15, 0.2) is 0 Å². The molecular weight excluding hydrogens is 410 g/mol. The predicted octanol–water partition coefficient (Wildman–Crippen LogP) is 2.34. The van der Waals surface area contributed by atoms with E-state index < -0.39 is 16.1 Å². The van der Waals surface area contributed by atoms with Gasteiger partial charge in [-0.2, -0.15) is 9.78 Å². The summed E-state index contributed by atoms with van der Waals surface area (Å²) in [6.45, 7) is 1.60. The molecule has 0 atom stereocenters. The molecule has 156 valence electrons. The van der Waals surface area contributed by atoms with E-state index in [1.807, 2.05) is 12.1 Å². The maximum Gasteiger partial charge on any atom is 0.421 e. The topological polar surface area (TPSA) is 117 Å². The van der Waals surface area contributed by atoms with E-state index in [4.69, 9.17) is 4.74 Å². The highest BCUT2D eigenvalue weighted by atomic mass is 32.2. The minimum Gasteiger partial charge on any atom is -0.497 e. The minimum atomic E-state index is -4.09. The Labute approximate surface area is 172 Å². The van der Waals surface area contributed by atoms with Gasteiger partial charge in [0.25, 0.3) is 15.6 Å². The molecule has 10 heteroatoms. The number of carbonyl (C=O) groups is 1. The van der Waals surface area contributed by atoms with Gasteiger partial charge in [0.05, 0.1) is 30.0 Å². The molecule has 1 aromatic heterocycles. The highest BCUT2D eigenvalue weighted by molar-refractivity contribution is 7.90. The van der Waals surface area contributed by atoms with Gasteiger partial charge in [-0.25, -0.2) is 17.9 Å². The van der Waals surface area contributed by atoms with Crippen molar-refractivity contribution in [3.8, 4) is 22.7 Å². The number of amides is 1. The fourth-order valence-corrected chi connectivity index (χ4v) is 3.50. The number of rotatable bonds is 6. The average molecular weight is 429 g/mol. The van der Waals surface area contributed by atoms with Gasteiger partial charge < -0.3 is 9.47 Å². The van der Waals surface area contributed by atoms with Gasteiger partial charge in [0.1, 0.15) is 5.75 Å². The number of hydrogen-bond donors (Lipinski definition) is 1. The zero-order chi connectivity index (χ0) is 21.7. The number of hydrogen-bond acceptors (Lipinski definition) is 7. The highest BCUT2D eigenvalue weighted by Crippen LogP contribution is 2.20. The van der Waals surface area contributed by atoms with Crippen LogP contribution in [0.4, 0.5) is 4.79 Å². The van der Waals surface area contributed by atoms with Crippen LogP contribution < -0.4 is 15.0 Å². The summed E-state index contributed by atoms with van der Waals surface area (Å²) in [5, 5.41) is 4.36. The second kappa shape index (κ2) is 8.78. The van der Waals surface area contributed by atoms with Crippen molar-refractivity contribution >= 4 is 16.1 Å². The smallest absolute Gasteiger partial charge is 0.421 e. The summed E-state index contributed by atoms with van der Waals surface area (Å²) in [7, 11) is -2.52. The second-order valence-electron chi connectivity index (χ2n) is 6.02. The van der Waals surface area contributed by atoms with Crippen LogP contribution >= 0.6 is 0 Å². The van der Waals surface area contributed by atoms with Crippen LogP contribution in [0, 0.1) is 0 Å². The average Bonchev–Trinajstić information content (AvgIpc) is 2.74. The van der Waals surface area contributed by atoms with E-state index in [1.54, 1.807) is 37.0 Å².